The van der Waals surface area contributed by atoms with Crippen molar-refractivity contribution in [3.05, 3.63) is 23.8 Å². The maximum atomic E-state index is 6.34. The molecule has 2 aliphatic heterocycles. The van der Waals surface area contributed by atoms with Crippen molar-refractivity contribution >= 4 is 5.69 Å². The molecule has 0 unspecified atom stereocenters. The lowest BCUT2D eigenvalue weighted by molar-refractivity contribution is 0.0356. The third-order valence-electron chi connectivity index (χ3n) is 3.87. The zero-order valence-electron chi connectivity index (χ0n) is 10.4. The molecule has 0 radical (unpaired) electrons. The lowest BCUT2D eigenvalue weighted by atomic mass is 9.89. The molecule has 1 saturated heterocycles. The fourth-order valence-corrected chi connectivity index (χ4v) is 2.81. The van der Waals surface area contributed by atoms with E-state index in [1.54, 1.807) is 0 Å². The molecule has 2 heterocycles. The van der Waals surface area contributed by atoms with Gasteiger partial charge in [-0.1, -0.05) is 6.07 Å². The van der Waals surface area contributed by atoms with Gasteiger partial charge in [-0.3, -0.25) is 0 Å². The van der Waals surface area contributed by atoms with Crippen LogP contribution in [0.25, 0.3) is 0 Å². The van der Waals surface area contributed by atoms with E-state index in [0.29, 0.717) is 0 Å². The first-order valence-corrected chi connectivity index (χ1v) is 6.52. The van der Waals surface area contributed by atoms with Crippen LogP contribution in [0.2, 0.25) is 0 Å². The van der Waals surface area contributed by atoms with Gasteiger partial charge in [-0.15, -0.1) is 0 Å². The zero-order chi connectivity index (χ0) is 11.7. The van der Waals surface area contributed by atoms with E-state index < -0.39 is 0 Å². The molecule has 1 spiro atoms. The molecule has 0 atom stereocenters. The summed E-state index contributed by atoms with van der Waals surface area (Å²) < 4.78 is 6.34. The van der Waals surface area contributed by atoms with Crippen LogP contribution in [-0.4, -0.2) is 25.2 Å². The Bertz CT molecular complexity index is 411. The van der Waals surface area contributed by atoms with E-state index in [2.05, 4.69) is 35.8 Å². The highest BCUT2D eigenvalue weighted by Gasteiger charge is 2.35. The topological polar surface area (TPSA) is 33.3 Å². The van der Waals surface area contributed by atoms with E-state index >= 15 is 0 Å². The van der Waals surface area contributed by atoms with Crippen molar-refractivity contribution in [1.29, 1.82) is 0 Å². The summed E-state index contributed by atoms with van der Waals surface area (Å²) >= 11 is 0. The minimum atomic E-state index is 0.0543. The van der Waals surface area contributed by atoms with Crippen LogP contribution < -0.4 is 15.4 Å². The van der Waals surface area contributed by atoms with Gasteiger partial charge in [0.2, 0.25) is 0 Å². The fourth-order valence-electron chi connectivity index (χ4n) is 2.81. The Morgan fingerprint density at radius 1 is 1.12 bits per heavy atom. The third-order valence-corrected chi connectivity index (χ3v) is 3.87. The minimum absolute atomic E-state index is 0.0543. The molecule has 2 N–H and O–H groups in total. The number of nitrogens with one attached hydrogen (secondary N) is 2. The quantitative estimate of drug-likeness (QED) is 0.720. The van der Waals surface area contributed by atoms with Gasteiger partial charge in [-0.25, -0.2) is 0 Å². The van der Waals surface area contributed by atoms with E-state index in [1.807, 2.05) is 0 Å². The van der Waals surface area contributed by atoms with Crippen LogP contribution in [0.5, 0.6) is 5.75 Å². The molecule has 92 valence electrons. The van der Waals surface area contributed by atoms with Gasteiger partial charge in [0.15, 0.2) is 0 Å². The van der Waals surface area contributed by atoms with Gasteiger partial charge < -0.3 is 15.4 Å². The second-order valence-electron chi connectivity index (χ2n) is 5.21. The standard InChI is InChI=1S/C14H20N2O/c1-11-2-3-13-12(10-11)16-9-6-14(17-13)4-7-15-8-5-14/h2-3,10,15-16H,4-9H2,1H3. The molecule has 1 aromatic carbocycles. The van der Waals surface area contributed by atoms with Crippen LogP contribution >= 0.6 is 0 Å². The molecule has 0 bridgehead atoms. The summed E-state index contributed by atoms with van der Waals surface area (Å²) in [5, 5.41) is 6.90. The van der Waals surface area contributed by atoms with Gasteiger partial charge in [0.25, 0.3) is 0 Å². The van der Waals surface area contributed by atoms with Gasteiger partial charge in [0.1, 0.15) is 11.4 Å². The van der Waals surface area contributed by atoms with E-state index in [0.717, 1.165) is 50.3 Å². The highest BCUT2D eigenvalue weighted by Crippen LogP contribution is 2.37. The number of anilines is 1. The summed E-state index contributed by atoms with van der Waals surface area (Å²) in [5.41, 5.74) is 2.49. The molecule has 0 saturated carbocycles. The van der Waals surface area contributed by atoms with Crippen molar-refractivity contribution in [3.63, 3.8) is 0 Å². The minimum Gasteiger partial charge on any atom is -0.485 e. The number of hydrogen-bond donors (Lipinski definition) is 2. The van der Waals surface area contributed by atoms with Crippen LogP contribution in [0.15, 0.2) is 18.2 Å². The Labute approximate surface area is 103 Å². The number of fused-ring (bicyclic) bond motifs is 1. The molecule has 0 amide bonds. The van der Waals surface area contributed by atoms with E-state index in [1.165, 1.54) is 5.56 Å². The Balaban J connectivity index is 1.90. The summed E-state index contributed by atoms with van der Waals surface area (Å²) in [4.78, 5) is 0. The number of aryl methyl sites for hydroxylation is 1. The molecular formula is C14H20N2O. The molecule has 2 aliphatic rings. The summed E-state index contributed by atoms with van der Waals surface area (Å²) in [6, 6.07) is 6.41. The molecule has 0 aliphatic carbocycles. The van der Waals surface area contributed by atoms with Crippen LogP contribution in [-0.2, 0) is 0 Å². The summed E-state index contributed by atoms with van der Waals surface area (Å²) in [7, 11) is 0. The number of piperidine rings is 1. The number of ether oxygens (including phenoxy) is 1. The highest BCUT2D eigenvalue weighted by molar-refractivity contribution is 5.58. The molecule has 1 fully saturated rings. The monoisotopic (exact) mass is 232 g/mol. The molecule has 0 aromatic heterocycles. The van der Waals surface area contributed by atoms with Crippen LogP contribution in [0.4, 0.5) is 5.69 Å². The summed E-state index contributed by atoms with van der Waals surface area (Å²) in [6.07, 6.45) is 3.33. The maximum Gasteiger partial charge on any atom is 0.143 e. The van der Waals surface area contributed by atoms with Gasteiger partial charge in [-0.2, -0.15) is 0 Å². The van der Waals surface area contributed by atoms with E-state index in [4.69, 9.17) is 4.74 Å². The normalized spacial score (nSPS) is 22.2. The third kappa shape index (κ3) is 2.12. The van der Waals surface area contributed by atoms with Crippen LogP contribution in [0.1, 0.15) is 24.8 Å². The predicted octanol–water partition coefficient (Wildman–Crippen LogP) is 2.31. The molecule has 3 heteroatoms. The van der Waals surface area contributed by atoms with Crippen LogP contribution in [0, 0.1) is 6.92 Å². The number of rotatable bonds is 0. The van der Waals surface area contributed by atoms with Gasteiger partial charge in [0.05, 0.1) is 5.69 Å². The lowest BCUT2D eigenvalue weighted by Crippen LogP contribution is -2.46. The SMILES string of the molecule is Cc1ccc2c(c1)NCCC1(CCNCC1)O2. The van der Waals surface area contributed by atoms with Gasteiger partial charge in [0, 0.05) is 13.0 Å². The average Bonchev–Trinajstić information content (AvgIpc) is 2.49. The molecular weight excluding hydrogens is 212 g/mol. The summed E-state index contributed by atoms with van der Waals surface area (Å²) in [5.74, 6) is 1.02. The predicted molar refractivity (Wildman–Crippen MR) is 69.7 cm³/mol. The second-order valence-corrected chi connectivity index (χ2v) is 5.21. The number of benzene rings is 1. The Hall–Kier alpha value is -1.22. The Kier molecular flexibility index (Phi) is 2.71. The zero-order valence-corrected chi connectivity index (χ0v) is 10.4. The van der Waals surface area contributed by atoms with Crippen molar-refractivity contribution in [2.45, 2.75) is 31.8 Å². The number of hydrogen-bond acceptors (Lipinski definition) is 3. The highest BCUT2D eigenvalue weighted by atomic mass is 16.5. The Morgan fingerprint density at radius 3 is 2.71 bits per heavy atom. The van der Waals surface area contributed by atoms with Crippen molar-refractivity contribution in [1.82, 2.24) is 5.32 Å². The van der Waals surface area contributed by atoms with E-state index in [9.17, 15) is 0 Å². The fraction of sp³-hybridized carbons (Fsp3) is 0.571. The summed E-state index contributed by atoms with van der Waals surface area (Å²) in [6.45, 7) is 5.27. The first kappa shape index (κ1) is 10.9. The second kappa shape index (κ2) is 4.22. The van der Waals surface area contributed by atoms with Crippen LogP contribution in [0.3, 0.4) is 0 Å². The van der Waals surface area contributed by atoms with Crippen molar-refractivity contribution < 1.29 is 4.74 Å². The molecule has 17 heavy (non-hydrogen) atoms. The van der Waals surface area contributed by atoms with Gasteiger partial charge >= 0.3 is 0 Å². The molecule has 3 rings (SSSR count). The first-order chi connectivity index (χ1) is 8.27. The molecule has 1 aromatic rings. The van der Waals surface area contributed by atoms with Crippen molar-refractivity contribution in [3.8, 4) is 5.75 Å². The largest absolute Gasteiger partial charge is 0.485 e. The average molecular weight is 232 g/mol. The smallest absolute Gasteiger partial charge is 0.143 e. The van der Waals surface area contributed by atoms with Crippen molar-refractivity contribution in [2.75, 3.05) is 25.0 Å². The Morgan fingerprint density at radius 2 is 1.88 bits per heavy atom. The lowest BCUT2D eigenvalue weighted by Gasteiger charge is -2.36. The first-order valence-electron chi connectivity index (χ1n) is 6.52. The van der Waals surface area contributed by atoms with Gasteiger partial charge in [-0.05, 0) is 50.6 Å². The molecule has 3 nitrogen and oxygen atoms in total. The van der Waals surface area contributed by atoms with E-state index in [-0.39, 0.29) is 5.60 Å². The van der Waals surface area contributed by atoms with Crippen molar-refractivity contribution in [2.24, 2.45) is 0 Å². The maximum absolute atomic E-state index is 6.34.